The zero-order valence-electron chi connectivity index (χ0n) is 16.0. The predicted octanol–water partition coefficient (Wildman–Crippen LogP) is 3.10. The number of likely N-dealkylation sites (tertiary alicyclic amines) is 1. The maximum Gasteiger partial charge on any atom is 0.194 e. The Bertz CT molecular complexity index is 726. The van der Waals surface area contributed by atoms with E-state index in [1.54, 1.807) is 0 Å². The van der Waals surface area contributed by atoms with Crippen LogP contribution in [0.5, 0.6) is 0 Å². The van der Waals surface area contributed by atoms with E-state index in [1.165, 1.54) is 12.0 Å². The molecule has 1 unspecified atom stereocenters. The minimum atomic E-state index is 0.579. The zero-order valence-corrected chi connectivity index (χ0v) is 16.0. The number of hydrogen-bond acceptors (Lipinski definition) is 3. The Morgan fingerprint density at radius 3 is 2.77 bits per heavy atom. The molecule has 1 N–H and O–H groups in total. The van der Waals surface area contributed by atoms with Crippen molar-refractivity contribution in [3.63, 3.8) is 0 Å². The highest BCUT2D eigenvalue weighted by Gasteiger charge is 2.25. The van der Waals surface area contributed by atoms with Crippen molar-refractivity contribution >= 4 is 11.8 Å². The topological polar surface area (TPSA) is 43.8 Å². The largest absolute Gasteiger partial charge is 0.362 e. The number of nitrogens with one attached hydrogen (secondary N) is 1. The predicted molar refractivity (Wildman–Crippen MR) is 109 cm³/mol. The number of benzene rings is 1. The van der Waals surface area contributed by atoms with Gasteiger partial charge in [-0.05, 0) is 25.0 Å². The monoisotopic (exact) mass is 351 g/mol. The second-order valence-corrected chi connectivity index (χ2v) is 6.89. The number of hydrogen-bond donors (Lipinski definition) is 1. The van der Waals surface area contributed by atoms with Gasteiger partial charge in [-0.25, -0.2) is 9.98 Å². The quantitative estimate of drug-likeness (QED) is 0.664. The van der Waals surface area contributed by atoms with Gasteiger partial charge >= 0.3 is 0 Å². The van der Waals surface area contributed by atoms with Gasteiger partial charge in [0.05, 0.1) is 6.54 Å². The van der Waals surface area contributed by atoms with Crippen molar-refractivity contribution in [3.8, 4) is 0 Å². The Kier molecular flexibility index (Phi) is 6.10. The van der Waals surface area contributed by atoms with E-state index in [4.69, 9.17) is 4.99 Å². The number of pyridine rings is 1. The molecule has 2 aromatic rings. The number of aromatic nitrogens is 1. The van der Waals surface area contributed by atoms with Crippen molar-refractivity contribution in [2.45, 2.75) is 25.8 Å². The molecule has 1 fully saturated rings. The van der Waals surface area contributed by atoms with E-state index in [2.05, 4.69) is 58.5 Å². The normalized spacial score (nSPS) is 17.4. The molecule has 0 amide bonds. The number of anilines is 1. The Morgan fingerprint density at radius 2 is 2.04 bits per heavy atom. The van der Waals surface area contributed by atoms with Gasteiger partial charge < -0.3 is 15.1 Å². The summed E-state index contributed by atoms with van der Waals surface area (Å²) < 4.78 is 0. The van der Waals surface area contributed by atoms with Crippen LogP contribution in [0, 0.1) is 0 Å². The Morgan fingerprint density at radius 1 is 1.23 bits per heavy atom. The van der Waals surface area contributed by atoms with Crippen LogP contribution in [0.4, 0.5) is 5.82 Å². The third-order valence-corrected chi connectivity index (χ3v) is 4.78. The molecular weight excluding hydrogens is 322 g/mol. The molecule has 0 radical (unpaired) electrons. The number of guanidine groups is 1. The second-order valence-electron chi connectivity index (χ2n) is 6.89. The van der Waals surface area contributed by atoms with Gasteiger partial charge in [0.2, 0.25) is 0 Å². The first-order chi connectivity index (χ1) is 12.7. The van der Waals surface area contributed by atoms with Crippen LogP contribution in [0.2, 0.25) is 0 Å². The summed E-state index contributed by atoms with van der Waals surface area (Å²) in [6.07, 6.45) is 3.00. The first kappa shape index (κ1) is 18.2. The average Bonchev–Trinajstić information content (AvgIpc) is 3.16. The van der Waals surface area contributed by atoms with E-state index in [9.17, 15) is 0 Å². The molecule has 0 bridgehead atoms. The lowest BCUT2D eigenvalue weighted by atomic mass is 9.99. The van der Waals surface area contributed by atoms with Gasteiger partial charge in [0.1, 0.15) is 5.82 Å². The van der Waals surface area contributed by atoms with Crippen LogP contribution < -0.4 is 10.2 Å². The Labute approximate surface area is 156 Å². The van der Waals surface area contributed by atoms with Gasteiger partial charge in [-0.15, -0.1) is 0 Å². The number of rotatable bonds is 5. The molecule has 5 nitrogen and oxygen atoms in total. The number of aliphatic imine (C=N–C) groups is 1. The van der Waals surface area contributed by atoms with Crippen molar-refractivity contribution in [1.29, 1.82) is 0 Å². The van der Waals surface area contributed by atoms with Crippen LogP contribution in [0.25, 0.3) is 0 Å². The Hall–Kier alpha value is -2.56. The van der Waals surface area contributed by atoms with Crippen molar-refractivity contribution in [2.75, 3.05) is 38.6 Å². The van der Waals surface area contributed by atoms with Gasteiger partial charge in [0, 0.05) is 51.4 Å². The third kappa shape index (κ3) is 4.34. The first-order valence-electron chi connectivity index (χ1n) is 9.38. The van der Waals surface area contributed by atoms with Gasteiger partial charge in [0.15, 0.2) is 5.96 Å². The maximum atomic E-state index is 4.90. The number of nitrogens with zero attached hydrogens (tertiary/aromatic N) is 4. The highest BCUT2D eigenvalue weighted by atomic mass is 15.3. The lowest BCUT2D eigenvalue weighted by molar-refractivity contribution is 0.486. The molecule has 2 heterocycles. The van der Waals surface area contributed by atoms with Gasteiger partial charge in [-0.3, -0.25) is 0 Å². The molecule has 1 aliphatic rings. The van der Waals surface area contributed by atoms with Crippen LogP contribution in [0.15, 0.2) is 53.7 Å². The SMILES string of the molecule is CCNC(=NCc1cccnc1N(C)C)N1CCC(c2ccccc2)C1. The fourth-order valence-corrected chi connectivity index (χ4v) is 3.49. The summed E-state index contributed by atoms with van der Waals surface area (Å²) in [5.41, 5.74) is 2.57. The second kappa shape index (κ2) is 8.70. The lowest BCUT2D eigenvalue weighted by Crippen LogP contribution is -2.40. The molecule has 138 valence electrons. The van der Waals surface area contributed by atoms with E-state index in [0.29, 0.717) is 12.5 Å². The molecule has 26 heavy (non-hydrogen) atoms. The van der Waals surface area contributed by atoms with Gasteiger partial charge in [-0.1, -0.05) is 36.4 Å². The lowest BCUT2D eigenvalue weighted by Gasteiger charge is -2.22. The van der Waals surface area contributed by atoms with Gasteiger partial charge in [0.25, 0.3) is 0 Å². The molecule has 0 aliphatic carbocycles. The third-order valence-electron chi connectivity index (χ3n) is 4.78. The van der Waals surface area contributed by atoms with E-state index in [0.717, 1.165) is 37.0 Å². The molecule has 3 rings (SSSR count). The first-order valence-corrected chi connectivity index (χ1v) is 9.38. The molecule has 1 aliphatic heterocycles. The summed E-state index contributed by atoms with van der Waals surface area (Å²) >= 11 is 0. The van der Waals surface area contributed by atoms with Crippen LogP contribution in [0.3, 0.4) is 0 Å². The summed E-state index contributed by atoms with van der Waals surface area (Å²) in [5.74, 6) is 2.56. The zero-order chi connectivity index (χ0) is 18.4. The van der Waals surface area contributed by atoms with Crippen molar-refractivity contribution in [2.24, 2.45) is 4.99 Å². The molecule has 1 atom stereocenters. The molecule has 1 saturated heterocycles. The molecule has 0 saturated carbocycles. The van der Waals surface area contributed by atoms with Crippen LogP contribution in [0.1, 0.15) is 30.4 Å². The molecular formula is C21H29N5. The average molecular weight is 351 g/mol. The van der Waals surface area contributed by atoms with E-state index in [1.807, 2.05) is 31.3 Å². The molecule has 0 spiro atoms. The van der Waals surface area contributed by atoms with Crippen molar-refractivity contribution < 1.29 is 0 Å². The fourth-order valence-electron chi connectivity index (χ4n) is 3.49. The molecule has 5 heteroatoms. The van der Waals surface area contributed by atoms with E-state index < -0.39 is 0 Å². The fraction of sp³-hybridized carbons (Fsp3) is 0.429. The summed E-state index contributed by atoms with van der Waals surface area (Å²) in [5, 5.41) is 3.46. The molecule has 1 aromatic carbocycles. The van der Waals surface area contributed by atoms with Crippen molar-refractivity contribution in [3.05, 3.63) is 59.8 Å². The highest BCUT2D eigenvalue weighted by molar-refractivity contribution is 5.80. The Balaban J connectivity index is 1.72. The van der Waals surface area contributed by atoms with Crippen LogP contribution >= 0.6 is 0 Å². The standard InChI is InChI=1S/C21H29N5/c1-4-22-21(24-15-18-11-8-13-23-20(18)25(2)3)26-14-12-19(16-26)17-9-6-5-7-10-17/h5-11,13,19H,4,12,14-16H2,1-3H3,(H,22,24). The summed E-state index contributed by atoms with van der Waals surface area (Å²) in [4.78, 5) is 13.8. The smallest absolute Gasteiger partial charge is 0.194 e. The maximum absolute atomic E-state index is 4.90. The van der Waals surface area contributed by atoms with Gasteiger partial charge in [-0.2, -0.15) is 0 Å². The van der Waals surface area contributed by atoms with E-state index in [-0.39, 0.29) is 0 Å². The summed E-state index contributed by atoms with van der Waals surface area (Å²) in [6.45, 7) is 5.69. The van der Waals surface area contributed by atoms with Crippen molar-refractivity contribution in [1.82, 2.24) is 15.2 Å². The molecule has 1 aromatic heterocycles. The minimum absolute atomic E-state index is 0.579. The van der Waals surface area contributed by atoms with E-state index >= 15 is 0 Å². The van der Waals surface area contributed by atoms with Crippen LogP contribution in [-0.2, 0) is 6.54 Å². The highest BCUT2D eigenvalue weighted by Crippen LogP contribution is 2.27. The van der Waals surface area contributed by atoms with Crippen LogP contribution in [-0.4, -0.2) is 49.6 Å². The summed E-state index contributed by atoms with van der Waals surface area (Å²) in [6, 6.07) is 14.9. The summed E-state index contributed by atoms with van der Waals surface area (Å²) in [7, 11) is 4.04. The minimum Gasteiger partial charge on any atom is -0.362 e.